The summed E-state index contributed by atoms with van der Waals surface area (Å²) in [6.45, 7) is 1.98. The van der Waals surface area contributed by atoms with Crippen LogP contribution in [0.25, 0.3) is 0 Å². The van der Waals surface area contributed by atoms with E-state index in [9.17, 15) is 9.18 Å². The van der Waals surface area contributed by atoms with E-state index in [4.69, 9.17) is 4.74 Å². The molecule has 0 bridgehead atoms. The number of ether oxygens (including phenoxy) is 1. The van der Waals surface area contributed by atoms with E-state index in [0.717, 1.165) is 0 Å². The summed E-state index contributed by atoms with van der Waals surface area (Å²) < 4.78 is 17.8. The number of rotatable bonds is 2. The molecule has 0 fully saturated rings. The molecule has 16 heavy (non-hydrogen) atoms. The van der Waals surface area contributed by atoms with Crippen LogP contribution in [0.3, 0.4) is 0 Å². The van der Waals surface area contributed by atoms with Crippen LogP contribution in [0.5, 0.6) is 0 Å². The maximum Gasteiger partial charge on any atom is 0.339 e. The highest BCUT2D eigenvalue weighted by Crippen LogP contribution is 2.11. The highest BCUT2D eigenvalue weighted by Gasteiger charge is 2.11. The van der Waals surface area contributed by atoms with Crippen molar-refractivity contribution in [1.82, 2.24) is 0 Å². The third-order valence-corrected chi connectivity index (χ3v) is 1.94. The molecule has 0 saturated carbocycles. The zero-order valence-corrected chi connectivity index (χ0v) is 9.68. The molecule has 0 spiro atoms. The molecule has 0 aromatic heterocycles. The third-order valence-electron chi connectivity index (χ3n) is 1.78. The molecule has 0 aliphatic carbocycles. The number of carbonyl (C=O) groups is 1. The molecule has 0 aliphatic rings. The lowest BCUT2D eigenvalue weighted by atomic mass is 10.1. The summed E-state index contributed by atoms with van der Waals surface area (Å²) in [4.78, 5) is 11.5. The van der Waals surface area contributed by atoms with Crippen molar-refractivity contribution in [1.29, 1.82) is 0 Å². The van der Waals surface area contributed by atoms with Gasteiger partial charge in [0.2, 0.25) is 0 Å². The van der Waals surface area contributed by atoms with E-state index in [-0.39, 0.29) is 12.2 Å². The van der Waals surface area contributed by atoms with E-state index in [0.29, 0.717) is 11.3 Å². The van der Waals surface area contributed by atoms with Gasteiger partial charge < -0.3 is 4.74 Å². The predicted molar refractivity (Wildman–Crippen MR) is 63.1 cm³/mol. The fraction of sp³-hybridized carbons (Fsp3) is 0.250. The fourth-order valence-corrected chi connectivity index (χ4v) is 1.22. The Bertz CT molecular complexity index is 446. The van der Waals surface area contributed by atoms with Crippen molar-refractivity contribution < 1.29 is 13.9 Å². The quantitative estimate of drug-likeness (QED) is 0.486. The van der Waals surface area contributed by atoms with Crippen LogP contribution >= 0.6 is 12.6 Å². The van der Waals surface area contributed by atoms with Crippen LogP contribution < -0.4 is 0 Å². The summed E-state index contributed by atoms with van der Waals surface area (Å²) in [6.07, 6.45) is 0. The van der Waals surface area contributed by atoms with Crippen LogP contribution in [0.1, 0.15) is 22.8 Å². The minimum absolute atomic E-state index is 0.273. The molecule has 0 saturated heterocycles. The normalized spacial score (nSPS) is 9.19. The zero-order chi connectivity index (χ0) is 12.0. The van der Waals surface area contributed by atoms with E-state index in [1.165, 1.54) is 18.2 Å². The molecule has 0 atom stereocenters. The Morgan fingerprint density at radius 3 is 2.94 bits per heavy atom. The van der Waals surface area contributed by atoms with Crippen LogP contribution in [0.15, 0.2) is 18.2 Å². The average molecular weight is 238 g/mol. The van der Waals surface area contributed by atoms with Gasteiger partial charge in [-0.25, -0.2) is 9.18 Å². The molecule has 1 aromatic carbocycles. The average Bonchev–Trinajstić information content (AvgIpc) is 2.26. The predicted octanol–water partition coefficient (Wildman–Crippen LogP) is 2.28. The van der Waals surface area contributed by atoms with Crippen molar-refractivity contribution in [3.8, 4) is 11.8 Å². The second kappa shape index (κ2) is 6.19. The Hall–Kier alpha value is -1.47. The summed E-state index contributed by atoms with van der Waals surface area (Å²) >= 11 is 3.92. The number of hydrogen-bond acceptors (Lipinski definition) is 3. The molecule has 4 heteroatoms. The van der Waals surface area contributed by atoms with Gasteiger partial charge in [0.05, 0.1) is 17.9 Å². The van der Waals surface area contributed by atoms with Crippen molar-refractivity contribution in [2.75, 3.05) is 12.4 Å². The lowest BCUT2D eigenvalue weighted by Crippen LogP contribution is -2.07. The number of thiol groups is 1. The second-order valence-corrected chi connectivity index (χ2v) is 3.19. The highest BCUT2D eigenvalue weighted by atomic mass is 32.1. The molecule has 2 nitrogen and oxygen atoms in total. The number of hydrogen-bond donors (Lipinski definition) is 1. The van der Waals surface area contributed by atoms with Crippen molar-refractivity contribution >= 4 is 18.6 Å². The molecule has 1 rings (SSSR count). The molecule has 0 radical (unpaired) electrons. The van der Waals surface area contributed by atoms with Crippen LogP contribution in [0, 0.1) is 17.7 Å². The second-order valence-electron chi connectivity index (χ2n) is 2.87. The molecule has 0 aliphatic heterocycles. The van der Waals surface area contributed by atoms with Crippen molar-refractivity contribution in [3.63, 3.8) is 0 Å². The van der Waals surface area contributed by atoms with E-state index in [2.05, 4.69) is 24.5 Å². The molecule has 0 heterocycles. The smallest absolute Gasteiger partial charge is 0.339 e. The SMILES string of the molecule is CCOC(=O)c1ccc(F)cc1C#CCS. The lowest BCUT2D eigenvalue weighted by Gasteiger charge is -2.04. The monoisotopic (exact) mass is 238 g/mol. The number of esters is 1. The summed E-state index contributed by atoms with van der Waals surface area (Å²) in [7, 11) is 0. The third kappa shape index (κ3) is 3.28. The fourth-order valence-electron chi connectivity index (χ4n) is 1.14. The van der Waals surface area contributed by atoms with Crippen LogP contribution in [-0.2, 0) is 4.74 Å². The Morgan fingerprint density at radius 1 is 1.56 bits per heavy atom. The van der Waals surface area contributed by atoms with Crippen LogP contribution in [0.4, 0.5) is 4.39 Å². The van der Waals surface area contributed by atoms with Gasteiger partial charge in [-0.05, 0) is 25.1 Å². The molecule has 1 aromatic rings. The zero-order valence-electron chi connectivity index (χ0n) is 8.79. The van der Waals surface area contributed by atoms with Crippen molar-refractivity contribution in [2.24, 2.45) is 0 Å². The molecular weight excluding hydrogens is 227 g/mol. The number of halogens is 1. The van der Waals surface area contributed by atoms with E-state index >= 15 is 0 Å². The van der Waals surface area contributed by atoms with E-state index < -0.39 is 11.8 Å². The minimum atomic E-state index is -0.494. The molecular formula is C12H11FO2S. The van der Waals surface area contributed by atoms with Crippen molar-refractivity contribution in [3.05, 3.63) is 35.1 Å². The Kier molecular flexibility index (Phi) is 4.87. The van der Waals surface area contributed by atoms with Gasteiger partial charge in [0.15, 0.2) is 0 Å². The van der Waals surface area contributed by atoms with E-state index in [1.807, 2.05) is 0 Å². The maximum atomic E-state index is 13.0. The summed E-state index contributed by atoms with van der Waals surface area (Å²) in [6, 6.07) is 3.79. The van der Waals surface area contributed by atoms with Gasteiger partial charge in [-0.2, -0.15) is 12.6 Å². The number of benzene rings is 1. The Morgan fingerprint density at radius 2 is 2.31 bits per heavy atom. The molecule has 84 valence electrons. The maximum absolute atomic E-state index is 13.0. The van der Waals surface area contributed by atoms with Gasteiger partial charge in [-0.3, -0.25) is 0 Å². The van der Waals surface area contributed by atoms with Gasteiger partial charge >= 0.3 is 5.97 Å². The minimum Gasteiger partial charge on any atom is -0.462 e. The first-order valence-corrected chi connectivity index (χ1v) is 5.38. The van der Waals surface area contributed by atoms with Gasteiger partial charge in [0.1, 0.15) is 5.82 Å². The van der Waals surface area contributed by atoms with Gasteiger partial charge in [-0.1, -0.05) is 11.8 Å². The van der Waals surface area contributed by atoms with E-state index in [1.54, 1.807) is 6.92 Å². The van der Waals surface area contributed by atoms with Gasteiger partial charge in [0.25, 0.3) is 0 Å². The van der Waals surface area contributed by atoms with Gasteiger partial charge in [0, 0.05) is 5.56 Å². The largest absolute Gasteiger partial charge is 0.462 e. The summed E-state index contributed by atoms with van der Waals surface area (Å²) in [5, 5.41) is 0. The Labute approximate surface area is 99.2 Å². The van der Waals surface area contributed by atoms with Crippen molar-refractivity contribution in [2.45, 2.75) is 6.92 Å². The van der Waals surface area contributed by atoms with Crippen LogP contribution in [-0.4, -0.2) is 18.3 Å². The molecule has 0 amide bonds. The molecule has 0 unspecified atom stereocenters. The first-order chi connectivity index (χ1) is 7.69. The number of carbonyl (C=O) groups excluding carboxylic acids is 1. The Balaban J connectivity index is 3.12. The van der Waals surface area contributed by atoms with Crippen LogP contribution in [0.2, 0.25) is 0 Å². The lowest BCUT2D eigenvalue weighted by molar-refractivity contribution is 0.0526. The van der Waals surface area contributed by atoms with Gasteiger partial charge in [-0.15, -0.1) is 0 Å². The molecule has 0 N–H and O–H groups in total. The first kappa shape index (κ1) is 12.6. The highest BCUT2D eigenvalue weighted by molar-refractivity contribution is 7.80. The first-order valence-electron chi connectivity index (χ1n) is 4.75. The standard InChI is InChI=1S/C12H11FO2S/c1-2-15-12(14)11-6-5-10(13)8-9(11)4-3-7-16/h5-6,8,16H,2,7H2,1H3. The topological polar surface area (TPSA) is 26.3 Å². The summed E-state index contributed by atoms with van der Waals surface area (Å²) in [5.41, 5.74) is 0.602. The summed E-state index contributed by atoms with van der Waals surface area (Å²) in [5.74, 6) is 4.76.